The largest absolute Gasteiger partial charge is 0.326 e. The van der Waals surface area contributed by atoms with Gasteiger partial charge in [-0.1, -0.05) is 0 Å². The van der Waals surface area contributed by atoms with Crippen molar-refractivity contribution in [1.82, 2.24) is 9.97 Å². The third-order valence-corrected chi connectivity index (χ3v) is 1.67. The molecule has 0 atom stereocenters. The zero-order chi connectivity index (χ0) is 9.03. The lowest BCUT2D eigenvalue weighted by atomic mass is 9.98. The molecule has 1 aromatic heterocycles. The third-order valence-electron chi connectivity index (χ3n) is 1.67. The van der Waals surface area contributed by atoms with Crippen molar-refractivity contribution in [3.63, 3.8) is 0 Å². The van der Waals surface area contributed by atoms with Crippen molar-refractivity contribution in [3.05, 3.63) is 24.3 Å². The molecular weight excluding hydrogens is 150 g/mol. The summed E-state index contributed by atoms with van der Waals surface area (Å²) in [4.78, 5) is 7.87. The Morgan fingerprint density at radius 3 is 2.42 bits per heavy atom. The highest BCUT2D eigenvalue weighted by atomic mass is 14.8. The molecule has 3 nitrogen and oxygen atoms in total. The van der Waals surface area contributed by atoms with Crippen molar-refractivity contribution in [2.45, 2.75) is 32.2 Å². The summed E-state index contributed by atoms with van der Waals surface area (Å²) in [7, 11) is 0. The summed E-state index contributed by atoms with van der Waals surface area (Å²) in [5.74, 6) is 0. The smallest absolute Gasteiger partial charge is 0.115 e. The van der Waals surface area contributed by atoms with Crippen molar-refractivity contribution in [2.24, 2.45) is 5.73 Å². The summed E-state index contributed by atoms with van der Waals surface area (Å²) in [6.45, 7) is 4.05. The molecule has 0 saturated heterocycles. The second-order valence-corrected chi connectivity index (χ2v) is 3.74. The molecule has 1 rings (SSSR count). The van der Waals surface area contributed by atoms with Crippen molar-refractivity contribution in [2.75, 3.05) is 0 Å². The Labute approximate surface area is 73.0 Å². The molecule has 12 heavy (non-hydrogen) atoms. The summed E-state index contributed by atoms with van der Waals surface area (Å²) >= 11 is 0. The molecule has 0 aliphatic rings. The van der Waals surface area contributed by atoms with Gasteiger partial charge in [0, 0.05) is 17.9 Å². The number of hydrogen-bond donors (Lipinski definition) is 1. The molecule has 0 fully saturated rings. The second kappa shape index (κ2) is 3.63. The van der Waals surface area contributed by atoms with Gasteiger partial charge in [-0.05, 0) is 32.3 Å². The van der Waals surface area contributed by atoms with E-state index in [4.69, 9.17) is 5.73 Å². The van der Waals surface area contributed by atoms with Crippen molar-refractivity contribution in [1.29, 1.82) is 0 Å². The number of nitrogens with two attached hydrogens (primary N) is 1. The highest BCUT2D eigenvalue weighted by Crippen LogP contribution is 2.08. The van der Waals surface area contributed by atoms with Gasteiger partial charge in [-0.25, -0.2) is 9.97 Å². The molecular formula is C9H15N3. The molecule has 2 N–H and O–H groups in total. The standard InChI is InChI=1S/C9H15N3/c1-9(2,10)4-3-8-5-11-7-12-6-8/h5-7H,3-4,10H2,1-2H3. The van der Waals surface area contributed by atoms with Crippen molar-refractivity contribution < 1.29 is 0 Å². The predicted molar refractivity (Wildman–Crippen MR) is 48.6 cm³/mol. The monoisotopic (exact) mass is 165 g/mol. The van der Waals surface area contributed by atoms with E-state index in [2.05, 4.69) is 9.97 Å². The molecule has 0 radical (unpaired) electrons. The molecule has 0 aromatic carbocycles. The van der Waals surface area contributed by atoms with Crippen LogP contribution < -0.4 is 5.73 Å². The van der Waals surface area contributed by atoms with Crippen LogP contribution in [-0.2, 0) is 6.42 Å². The lowest BCUT2D eigenvalue weighted by Crippen LogP contribution is -2.32. The van der Waals surface area contributed by atoms with E-state index in [1.165, 1.54) is 6.33 Å². The maximum absolute atomic E-state index is 5.84. The first-order chi connectivity index (χ1) is 5.58. The van der Waals surface area contributed by atoms with E-state index in [1.54, 1.807) is 0 Å². The molecule has 0 unspecified atom stereocenters. The summed E-state index contributed by atoms with van der Waals surface area (Å²) in [6, 6.07) is 0. The van der Waals surface area contributed by atoms with Crippen LogP contribution in [-0.4, -0.2) is 15.5 Å². The lowest BCUT2D eigenvalue weighted by molar-refractivity contribution is 0.476. The first kappa shape index (κ1) is 9.13. The van der Waals surface area contributed by atoms with Crippen LogP contribution in [0.4, 0.5) is 0 Å². The average molecular weight is 165 g/mol. The molecule has 0 spiro atoms. The van der Waals surface area contributed by atoms with Gasteiger partial charge in [-0.2, -0.15) is 0 Å². The van der Waals surface area contributed by atoms with Gasteiger partial charge in [0.15, 0.2) is 0 Å². The lowest BCUT2D eigenvalue weighted by Gasteiger charge is -2.17. The zero-order valence-corrected chi connectivity index (χ0v) is 7.62. The Hall–Kier alpha value is -0.960. The van der Waals surface area contributed by atoms with E-state index in [9.17, 15) is 0 Å². The first-order valence-corrected chi connectivity index (χ1v) is 4.11. The fourth-order valence-electron chi connectivity index (χ4n) is 0.926. The molecule has 0 amide bonds. The predicted octanol–water partition coefficient (Wildman–Crippen LogP) is 1.15. The summed E-state index contributed by atoms with van der Waals surface area (Å²) in [6.07, 6.45) is 7.11. The Bertz CT molecular complexity index is 225. The van der Waals surface area contributed by atoms with E-state index in [0.29, 0.717) is 0 Å². The second-order valence-electron chi connectivity index (χ2n) is 3.74. The van der Waals surface area contributed by atoms with E-state index in [0.717, 1.165) is 18.4 Å². The van der Waals surface area contributed by atoms with Crippen LogP contribution in [0.15, 0.2) is 18.7 Å². The van der Waals surface area contributed by atoms with Gasteiger partial charge < -0.3 is 5.73 Å². The normalized spacial score (nSPS) is 11.6. The van der Waals surface area contributed by atoms with Crippen molar-refractivity contribution in [3.8, 4) is 0 Å². The van der Waals surface area contributed by atoms with Crippen LogP contribution in [0.1, 0.15) is 25.8 Å². The van der Waals surface area contributed by atoms with Gasteiger partial charge in [-0.3, -0.25) is 0 Å². The fourth-order valence-corrected chi connectivity index (χ4v) is 0.926. The van der Waals surface area contributed by atoms with Crippen LogP contribution in [0.25, 0.3) is 0 Å². The summed E-state index contributed by atoms with van der Waals surface area (Å²) in [5, 5.41) is 0. The topological polar surface area (TPSA) is 51.8 Å². The van der Waals surface area contributed by atoms with Crippen molar-refractivity contribution >= 4 is 0 Å². The number of nitrogens with zero attached hydrogens (tertiary/aromatic N) is 2. The zero-order valence-electron chi connectivity index (χ0n) is 7.62. The van der Waals surface area contributed by atoms with Crippen LogP contribution in [0, 0.1) is 0 Å². The van der Waals surface area contributed by atoms with E-state index in [-0.39, 0.29) is 5.54 Å². The van der Waals surface area contributed by atoms with Gasteiger partial charge in [0.2, 0.25) is 0 Å². The number of aromatic nitrogens is 2. The minimum Gasteiger partial charge on any atom is -0.326 e. The minimum atomic E-state index is -0.101. The SMILES string of the molecule is CC(C)(N)CCc1cncnc1. The minimum absolute atomic E-state index is 0.101. The Kier molecular flexibility index (Phi) is 2.76. The van der Waals surface area contributed by atoms with Gasteiger partial charge in [0.25, 0.3) is 0 Å². The summed E-state index contributed by atoms with van der Waals surface area (Å²) < 4.78 is 0. The highest BCUT2D eigenvalue weighted by molar-refractivity contribution is 5.03. The number of hydrogen-bond acceptors (Lipinski definition) is 3. The molecule has 0 saturated carbocycles. The van der Waals surface area contributed by atoms with Gasteiger partial charge >= 0.3 is 0 Å². The Morgan fingerprint density at radius 2 is 1.92 bits per heavy atom. The average Bonchev–Trinajstić information content (AvgIpc) is 2.02. The van der Waals surface area contributed by atoms with Crippen LogP contribution in [0.3, 0.4) is 0 Å². The third kappa shape index (κ3) is 3.44. The van der Waals surface area contributed by atoms with Crippen LogP contribution >= 0.6 is 0 Å². The number of rotatable bonds is 3. The van der Waals surface area contributed by atoms with Gasteiger partial charge in [0.05, 0.1) is 0 Å². The molecule has 66 valence electrons. The summed E-state index contributed by atoms with van der Waals surface area (Å²) in [5.41, 5.74) is 6.89. The molecule has 0 aliphatic carbocycles. The van der Waals surface area contributed by atoms with E-state index < -0.39 is 0 Å². The quantitative estimate of drug-likeness (QED) is 0.730. The van der Waals surface area contributed by atoms with E-state index in [1.807, 2.05) is 26.2 Å². The first-order valence-electron chi connectivity index (χ1n) is 4.11. The van der Waals surface area contributed by atoms with Gasteiger partial charge in [-0.15, -0.1) is 0 Å². The maximum Gasteiger partial charge on any atom is 0.115 e. The Morgan fingerprint density at radius 1 is 1.33 bits per heavy atom. The molecule has 1 heterocycles. The number of aryl methyl sites for hydroxylation is 1. The van der Waals surface area contributed by atoms with Crippen LogP contribution in [0.5, 0.6) is 0 Å². The fraction of sp³-hybridized carbons (Fsp3) is 0.556. The van der Waals surface area contributed by atoms with Crippen LogP contribution in [0.2, 0.25) is 0 Å². The highest BCUT2D eigenvalue weighted by Gasteiger charge is 2.09. The molecule has 1 aromatic rings. The maximum atomic E-state index is 5.84. The van der Waals surface area contributed by atoms with Gasteiger partial charge in [0.1, 0.15) is 6.33 Å². The Balaban J connectivity index is 2.44. The molecule has 0 aliphatic heterocycles. The molecule has 0 bridgehead atoms. The van der Waals surface area contributed by atoms with E-state index >= 15 is 0 Å². The molecule has 3 heteroatoms.